The van der Waals surface area contributed by atoms with Gasteiger partial charge in [0.15, 0.2) is 0 Å². The lowest BCUT2D eigenvalue weighted by Crippen LogP contribution is -2.49. The molecule has 3 N–H and O–H groups in total. The van der Waals surface area contributed by atoms with Gasteiger partial charge in [-0.1, -0.05) is 95.0 Å². The molecule has 0 radical (unpaired) electrons. The summed E-state index contributed by atoms with van der Waals surface area (Å²) in [5.41, 5.74) is 4.60. The number of anilines is 1. The third kappa shape index (κ3) is 17.8. The molecule has 0 spiro atoms. The van der Waals surface area contributed by atoms with Gasteiger partial charge in [0.25, 0.3) is 5.91 Å². The van der Waals surface area contributed by atoms with Crippen LogP contribution in [0.25, 0.3) is 0 Å². The van der Waals surface area contributed by atoms with Crippen LogP contribution in [-0.2, 0) is 20.8 Å². The molecule has 0 heterocycles. The summed E-state index contributed by atoms with van der Waals surface area (Å²) in [6.45, 7) is 3.89. The average molecular weight is 627 g/mol. The van der Waals surface area contributed by atoms with Crippen molar-refractivity contribution in [3.63, 3.8) is 0 Å². The quantitative estimate of drug-likeness (QED) is 0.0880. The van der Waals surface area contributed by atoms with Gasteiger partial charge in [0, 0.05) is 25.2 Å². The molecule has 0 saturated carbocycles. The van der Waals surface area contributed by atoms with Gasteiger partial charge in [-0.25, -0.2) is 0 Å². The van der Waals surface area contributed by atoms with E-state index in [4.69, 9.17) is 4.74 Å². The van der Waals surface area contributed by atoms with Gasteiger partial charge < -0.3 is 15.4 Å². The standard InChI is InChI=1S/C35H54N4O4S/c1-3-4-5-6-7-8-9-10-11-15-25-36-33(40)19-16-27-43-32-22-20-31(21-23-32)37-28-35(42)39(38-34(41)29-44-2)26-24-30-17-13-12-14-18-30/h12-14,17-18,20-23,37H,3-11,15-16,19,24-29H2,1-2H3,(H,36,40)(H,38,41). The number of carbonyl (C=O) groups excluding carboxylic acids is 3. The second-order valence-electron chi connectivity index (χ2n) is 11.1. The van der Waals surface area contributed by atoms with Crippen molar-refractivity contribution in [3.05, 3.63) is 60.2 Å². The molecule has 2 aromatic rings. The van der Waals surface area contributed by atoms with Crippen molar-refractivity contribution in [1.29, 1.82) is 0 Å². The molecule has 0 unspecified atom stereocenters. The Labute approximate surface area is 269 Å². The molecular formula is C35H54N4O4S. The topological polar surface area (TPSA) is 99.8 Å². The number of unbranched alkanes of at least 4 members (excludes halogenated alkanes) is 9. The van der Waals surface area contributed by atoms with Crippen molar-refractivity contribution >= 4 is 35.2 Å². The highest BCUT2D eigenvalue weighted by molar-refractivity contribution is 7.99. The van der Waals surface area contributed by atoms with Crippen molar-refractivity contribution in [3.8, 4) is 5.75 Å². The summed E-state index contributed by atoms with van der Waals surface area (Å²) in [5.74, 6) is 0.653. The molecule has 0 bridgehead atoms. The molecule has 244 valence electrons. The summed E-state index contributed by atoms with van der Waals surface area (Å²) < 4.78 is 5.79. The number of hydrogen-bond donors (Lipinski definition) is 3. The maximum absolute atomic E-state index is 12.9. The van der Waals surface area contributed by atoms with Crippen LogP contribution >= 0.6 is 11.8 Å². The highest BCUT2D eigenvalue weighted by Gasteiger charge is 2.16. The van der Waals surface area contributed by atoms with E-state index in [0.29, 0.717) is 38.2 Å². The Bertz CT molecular complexity index is 1050. The van der Waals surface area contributed by atoms with E-state index in [1.807, 2.05) is 60.9 Å². The smallest absolute Gasteiger partial charge is 0.260 e. The molecule has 9 heteroatoms. The number of nitrogens with one attached hydrogen (secondary N) is 3. The summed E-state index contributed by atoms with van der Waals surface area (Å²) in [4.78, 5) is 37.2. The van der Waals surface area contributed by atoms with Crippen LogP contribution in [-0.4, -0.2) is 61.0 Å². The van der Waals surface area contributed by atoms with Crippen molar-refractivity contribution in [2.75, 3.05) is 43.6 Å². The minimum Gasteiger partial charge on any atom is -0.494 e. The minimum atomic E-state index is -0.220. The van der Waals surface area contributed by atoms with Crippen LogP contribution < -0.4 is 20.8 Å². The Morgan fingerprint density at radius 3 is 2.11 bits per heavy atom. The number of thioether (sulfide) groups is 1. The first-order chi connectivity index (χ1) is 21.5. The lowest BCUT2D eigenvalue weighted by Gasteiger charge is -2.24. The number of benzene rings is 2. The average Bonchev–Trinajstić information content (AvgIpc) is 3.04. The van der Waals surface area contributed by atoms with Crippen LogP contribution in [0.4, 0.5) is 5.69 Å². The molecule has 0 atom stereocenters. The van der Waals surface area contributed by atoms with E-state index >= 15 is 0 Å². The van der Waals surface area contributed by atoms with Crippen molar-refractivity contribution in [1.82, 2.24) is 15.8 Å². The number of ether oxygens (including phenoxy) is 1. The second kappa shape index (κ2) is 24.2. The molecule has 3 amide bonds. The fraction of sp³-hybridized carbons (Fsp3) is 0.571. The number of amides is 3. The first-order valence-corrected chi connectivity index (χ1v) is 17.8. The van der Waals surface area contributed by atoms with Gasteiger partial charge >= 0.3 is 0 Å². The number of hydrogen-bond acceptors (Lipinski definition) is 6. The van der Waals surface area contributed by atoms with Crippen molar-refractivity contribution < 1.29 is 19.1 Å². The third-order valence-electron chi connectivity index (χ3n) is 7.27. The molecule has 0 saturated heterocycles. The molecule has 0 aromatic heterocycles. The predicted octanol–water partition coefficient (Wildman–Crippen LogP) is 6.76. The Kier molecular flexibility index (Phi) is 20.3. The van der Waals surface area contributed by atoms with Gasteiger partial charge in [-0.2, -0.15) is 11.8 Å². The van der Waals surface area contributed by atoms with Crippen molar-refractivity contribution in [2.24, 2.45) is 0 Å². The Morgan fingerprint density at radius 2 is 1.45 bits per heavy atom. The summed E-state index contributed by atoms with van der Waals surface area (Å²) in [6.07, 6.45) is 16.5. The van der Waals surface area contributed by atoms with E-state index in [0.717, 1.165) is 24.2 Å². The normalized spacial score (nSPS) is 10.7. The largest absolute Gasteiger partial charge is 0.494 e. The lowest BCUT2D eigenvalue weighted by atomic mass is 10.1. The lowest BCUT2D eigenvalue weighted by molar-refractivity contribution is -0.139. The monoisotopic (exact) mass is 626 g/mol. The van der Waals surface area contributed by atoms with Crippen LogP contribution in [0, 0.1) is 0 Å². The molecule has 0 fully saturated rings. The van der Waals surface area contributed by atoms with E-state index < -0.39 is 0 Å². The zero-order valence-corrected chi connectivity index (χ0v) is 27.7. The molecule has 0 aliphatic rings. The SMILES string of the molecule is CCCCCCCCCCCCNC(=O)CCCOc1ccc(NCC(=O)N(CCc2ccccc2)NC(=O)CSC)cc1. The number of carbonyl (C=O) groups is 3. The summed E-state index contributed by atoms with van der Waals surface area (Å²) in [5, 5.41) is 7.54. The van der Waals surface area contributed by atoms with Crippen molar-refractivity contribution in [2.45, 2.75) is 90.4 Å². The van der Waals surface area contributed by atoms with Gasteiger partial charge in [0.2, 0.25) is 11.8 Å². The summed E-state index contributed by atoms with van der Waals surface area (Å²) in [6, 6.07) is 17.3. The van der Waals surface area contributed by atoms with E-state index in [1.54, 1.807) is 0 Å². The zero-order chi connectivity index (χ0) is 31.7. The highest BCUT2D eigenvalue weighted by atomic mass is 32.2. The van der Waals surface area contributed by atoms with Gasteiger partial charge in [-0.15, -0.1) is 0 Å². The number of hydrazine groups is 1. The Morgan fingerprint density at radius 1 is 0.795 bits per heavy atom. The number of rotatable bonds is 24. The third-order valence-corrected chi connectivity index (χ3v) is 7.82. The van der Waals surface area contributed by atoms with E-state index in [1.165, 1.54) is 74.6 Å². The second-order valence-corrected chi connectivity index (χ2v) is 12.0. The predicted molar refractivity (Wildman–Crippen MR) is 183 cm³/mol. The molecular weight excluding hydrogens is 572 g/mol. The fourth-order valence-electron chi connectivity index (χ4n) is 4.74. The molecule has 0 aliphatic carbocycles. The number of nitrogens with zero attached hydrogens (tertiary/aromatic N) is 1. The van der Waals surface area contributed by atoms with Gasteiger partial charge in [-0.3, -0.25) is 24.8 Å². The Balaban J connectivity index is 1.59. The van der Waals surface area contributed by atoms with E-state index in [9.17, 15) is 14.4 Å². The zero-order valence-electron chi connectivity index (χ0n) is 26.9. The molecule has 8 nitrogen and oxygen atoms in total. The molecule has 2 rings (SSSR count). The molecule has 0 aliphatic heterocycles. The van der Waals surface area contributed by atoms with E-state index in [-0.39, 0.29) is 30.0 Å². The first kappa shape index (κ1) is 37.0. The van der Waals surface area contributed by atoms with Crippen LogP contribution in [0.15, 0.2) is 54.6 Å². The van der Waals surface area contributed by atoms with Crippen LogP contribution in [0.5, 0.6) is 5.75 Å². The molecule has 44 heavy (non-hydrogen) atoms. The van der Waals surface area contributed by atoms with Crippen LogP contribution in [0.1, 0.15) is 89.5 Å². The highest BCUT2D eigenvalue weighted by Crippen LogP contribution is 2.16. The first-order valence-electron chi connectivity index (χ1n) is 16.4. The van der Waals surface area contributed by atoms with Gasteiger partial charge in [0.05, 0.1) is 18.9 Å². The van der Waals surface area contributed by atoms with Crippen LogP contribution in [0.3, 0.4) is 0 Å². The van der Waals surface area contributed by atoms with E-state index in [2.05, 4.69) is 23.0 Å². The maximum Gasteiger partial charge on any atom is 0.260 e. The summed E-state index contributed by atoms with van der Waals surface area (Å²) >= 11 is 1.41. The van der Waals surface area contributed by atoms with Gasteiger partial charge in [0.1, 0.15) is 5.75 Å². The van der Waals surface area contributed by atoms with Gasteiger partial charge in [-0.05, 0) is 55.3 Å². The Hall–Kier alpha value is -3.20. The fourth-order valence-corrected chi connectivity index (χ4v) is 5.06. The minimum absolute atomic E-state index is 0.0444. The molecule has 2 aromatic carbocycles. The van der Waals surface area contributed by atoms with Crippen LogP contribution in [0.2, 0.25) is 0 Å². The summed E-state index contributed by atoms with van der Waals surface area (Å²) in [7, 11) is 0. The maximum atomic E-state index is 12.9.